The van der Waals surface area contributed by atoms with Crippen molar-refractivity contribution in [3.05, 3.63) is 63.5 Å². The number of H-pyrrole nitrogens is 1. The summed E-state index contributed by atoms with van der Waals surface area (Å²) in [4.78, 5) is 45.4. The van der Waals surface area contributed by atoms with Crippen LogP contribution in [0.2, 0.25) is 0 Å². The van der Waals surface area contributed by atoms with E-state index in [1.807, 2.05) is 31.2 Å². The molecule has 0 spiro atoms. The van der Waals surface area contributed by atoms with Crippen LogP contribution < -0.4 is 0 Å². The summed E-state index contributed by atoms with van der Waals surface area (Å²) in [5.74, 6) is -2.22. The maximum absolute atomic E-state index is 13.3. The highest BCUT2D eigenvalue weighted by atomic mass is 16.5. The third-order valence-electron chi connectivity index (χ3n) is 6.76. The van der Waals surface area contributed by atoms with E-state index in [0.717, 1.165) is 30.8 Å². The average molecular weight is 482 g/mol. The van der Waals surface area contributed by atoms with Crippen molar-refractivity contribution in [2.45, 2.75) is 47.1 Å². The molecule has 1 fully saturated rings. The van der Waals surface area contributed by atoms with Gasteiger partial charge in [0.15, 0.2) is 0 Å². The number of nitrogens with one attached hydrogen (secondary N) is 1. The van der Waals surface area contributed by atoms with Crippen LogP contribution in [-0.2, 0) is 14.3 Å². The smallest absolute Gasteiger partial charge is 0.354 e. The number of esters is 1. The fourth-order valence-electron chi connectivity index (χ4n) is 4.76. The molecule has 1 aromatic heterocycles. The number of likely N-dealkylation sites (tertiary alicyclic amines) is 1. The van der Waals surface area contributed by atoms with Gasteiger partial charge in [-0.1, -0.05) is 43.7 Å². The molecule has 0 saturated carbocycles. The average Bonchev–Trinajstić information content (AvgIpc) is 3.28. The van der Waals surface area contributed by atoms with E-state index in [2.05, 4.69) is 23.7 Å². The zero-order chi connectivity index (χ0) is 25.9. The normalized spacial score (nSPS) is 17.5. The Morgan fingerprint density at radius 2 is 1.74 bits per heavy atom. The number of amides is 1. The number of rotatable bonds is 9. The molecule has 2 heterocycles. The first kappa shape index (κ1) is 26.2. The summed E-state index contributed by atoms with van der Waals surface area (Å²) < 4.78 is 4.83. The van der Waals surface area contributed by atoms with Crippen molar-refractivity contribution < 1.29 is 24.2 Å². The van der Waals surface area contributed by atoms with Crippen molar-refractivity contribution in [3.8, 4) is 0 Å². The van der Waals surface area contributed by atoms with Crippen LogP contribution in [0.3, 0.4) is 0 Å². The molecule has 1 atom stereocenters. The van der Waals surface area contributed by atoms with Crippen LogP contribution in [0, 0.1) is 20.8 Å². The van der Waals surface area contributed by atoms with Crippen molar-refractivity contribution in [1.29, 1.82) is 0 Å². The second kappa shape index (κ2) is 10.9. The maximum Gasteiger partial charge on any atom is 0.354 e. The van der Waals surface area contributed by atoms with E-state index in [1.54, 1.807) is 18.7 Å². The number of hydrogen-bond donors (Lipinski definition) is 2. The maximum atomic E-state index is 13.3. The number of aromatic amines is 1. The molecule has 1 amide bonds. The minimum absolute atomic E-state index is 0.0308. The lowest BCUT2D eigenvalue weighted by Gasteiger charge is -2.27. The zero-order valence-electron chi connectivity index (χ0n) is 21.4. The predicted octanol–water partition coefficient (Wildman–Crippen LogP) is 3.88. The SMILES string of the molecule is CCN(CC)CCCN1C(=O)C(=O)/C(=C(/O)c2c(C)[nH]c(C(=O)OC)c2C)[C@@H]1c1ccc(C)cc1. The zero-order valence-corrected chi connectivity index (χ0v) is 21.4. The summed E-state index contributed by atoms with van der Waals surface area (Å²) in [6.45, 7) is 12.5. The number of ketones is 1. The Balaban J connectivity index is 2.11. The summed E-state index contributed by atoms with van der Waals surface area (Å²) in [6, 6.07) is 6.89. The van der Waals surface area contributed by atoms with Crippen molar-refractivity contribution in [3.63, 3.8) is 0 Å². The van der Waals surface area contributed by atoms with E-state index in [0.29, 0.717) is 29.8 Å². The van der Waals surface area contributed by atoms with Crippen molar-refractivity contribution >= 4 is 23.4 Å². The Kier molecular flexibility index (Phi) is 8.17. The topological polar surface area (TPSA) is 103 Å². The van der Waals surface area contributed by atoms with Crippen molar-refractivity contribution in [1.82, 2.24) is 14.8 Å². The lowest BCUT2D eigenvalue weighted by atomic mass is 9.93. The number of hydrogen-bond acceptors (Lipinski definition) is 6. The quantitative estimate of drug-likeness (QED) is 0.244. The van der Waals surface area contributed by atoms with Gasteiger partial charge < -0.3 is 24.6 Å². The van der Waals surface area contributed by atoms with Crippen LogP contribution in [0.15, 0.2) is 29.8 Å². The molecule has 2 N–H and O–H groups in total. The van der Waals surface area contributed by atoms with Gasteiger partial charge in [0, 0.05) is 17.8 Å². The fourth-order valence-corrected chi connectivity index (χ4v) is 4.76. The second-order valence-electron chi connectivity index (χ2n) is 8.90. The van der Waals surface area contributed by atoms with Gasteiger partial charge in [0.2, 0.25) is 0 Å². The number of ether oxygens (including phenoxy) is 1. The van der Waals surface area contributed by atoms with Gasteiger partial charge in [0.05, 0.1) is 18.7 Å². The highest BCUT2D eigenvalue weighted by Crippen LogP contribution is 2.41. The van der Waals surface area contributed by atoms with Crippen molar-refractivity contribution in [2.24, 2.45) is 0 Å². The lowest BCUT2D eigenvalue weighted by molar-refractivity contribution is -0.140. The molecule has 188 valence electrons. The van der Waals surface area contributed by atoms with Crippen LogP contribution >= 0.6 is 0 Å². The van der Waals surface area contributed by atoms with E-state index >= 15 is 0 Å². The molecule has 0 bridgehead atoms. The number of aliphatic hydroxyl groups excluding tert-OH is 1. The number of nitrogens with zero attached hydrogens (tertiary/aromatic N) is 2. The lowest BCUT2D eigenvalue weighted by Crippen LogP contribution is -2.33. The van der Waals surface area contributed by atoms with E-state index < -0.39 is 23.7 Å². The number of aryl methyl sites for hydroxylation is 2. The molecule has 0 radical (unpaired) electrons. The first-order valence-corrected chi connectivity index (χ1v) is 12.0. The molecule has 8 heteroatoms. The molecule has 0 aliphatic carbocycles. The van der Waals surface area contributed by atoms with Gasteiger partial charge in [-0.2, -0.15) is 0 Å². The minimum Gasteiger partial charge on any atom is -0.507 e. The molecule has 8 nitrogen and oxygen atoms in total. The van der Waals surface area contributed by atoms with Gasteiger partial charge in [-0.05, 0) is 58.0 Å². The van der Waals surface area contributed by atoms with E-state index in [-0.39, 0.29) is 17.0 Å². The fraction of sp³-hybridized carbons (Fsp3) is 0.444. The highest BCUT2D eigenvalue weighted by molar-refractivity contribution is 6.46. The van der Waals surface area contributed by atoms with Gasteiger partial charge in [-0.15, -0.1) is 0 Å². The van der Waals surface area contributed by atoms with Crippen LogP contribution in [0.1, 0.15) is 64.7 Å². The van der Waals surface area contributed by atoms with E-state index in [4.69, 9.17) is 4.74 Å². The Morgan fingerprint density at radius 3 is 2.31 bits per heavy atom. The molecule has 1 aliphatic rings. The summed E-state index contributed by atoms with van der Waals surface area (Å²) in [6.07, 6.45) is 0.700. The number of carbonyl (C=O) groups is 3. The monoisotopic (exact) mass is 481 g/mol. The minimum atomic E-state index is -0.726. The molecular formula is C27H35N3O5. The van der Waals surface area contributed by atoms with Gasteiger partial charge >= 0.3 is 5.97 Å². The molecule has 1 saturated heterocycles. The Hall–Kier alpha value is -3.39. The molecule has 1 aromatic carbocycles. The largest absolute Gasteiger partial charge is 0.507 e. The third kappa shape index (κ3) is 5.03. The van der Waals surface area contributed by atoms with Gasteiger partial charge in [0.25, 0.3) is 11.7 Å². The number of methoxy groups -OCH3 is 1. The number of Topliss-reactive ketones (excluding diaryl/α,β-unsaturated/α-hetero) is 1. The summed E-state index contributed by atoms with van der Waals surface area (Å²) >= 11 is 0. The Labute approximate surface area is 206 Å². The van der Waals surface area contributed by atoms with Gasteiger partial charge in [0.1, 0.15) is 11.5 Å². The summed E-state index contributed by atoms with van der Waals surface area (Å²) in [5.41, 5.74) is 3.34. The predicted molar refractivity (Wildman–Crippen MR) is 134 cm³/mol. The third-order valence-corrected chi connectivity index (χ3v) is 6.76. The molecule has 35 heavy (non-hydrogen) atoms. The van der Waals surface area contributed by atoms with Crippen LogP contribution in [0.4, 0.5) is 0 Å². The molecule has 1 aliphatic heterocycles. The molecule has 0 unspecified atom stereocenters. The van der Waals surface area contributed by atoms with Crippen molar-refractivity contribution in [2.75, 3.05) is 33.3 Å². The first-order valence-electron chi connectivity index (χ1n) is 12.0. The standard InChI is InChI=1S/C27H35N3O5/c1-7-29(8-2)14-9-15-30-23(19-12-10-16(3)11-13-19)21(25(32)26(30)33)24(31)20-17(4)22(27(34)35-6)28-18(20)5/h10-13,23,28,31H,7-9,14-15H2,1-6H3/b24-21+/t23-/m0/s1. The number of carbonyl (C=O) groups excluding carboxylic acids is 3. The number of aliphatic hydroxyl groups is 1. The van der Waals surface area contributed by atoms with Crippen LogP contribution in [0.5, 0.6) is 0 Å². The highest BCUT2D eigenvalue weighted by Gasteiger charge is 2.46. The molecule has 3 rings (SSSR count). The second-order valence-corrected chi connectivity index (χ2v) is 8.90. The van der Waals surface area contributed by atoms with Crippen LogP contribution in [-0.4, -0.2) is 70.8 Å². The number of benzene rings is 1. The number of aromatic nitrogens is 1. The molecule has 2 aromatic rings. The Bertz CT molecular complexity index is 1140. The van der Waals surface area contributed by atoms with E-state index in [1.165, 1.54) is 7.11 Å². The van der Waals surface area contributed by atoms with Gasteiger partial charge in [-0.3, -0.25) is 9.59 Å². The summed E-state index contributed by atoms with van der Waals surface area (Å²) in [7, 11) is 1.28. The Morgan fingerprint density at radius 1 is 1.11 bits per heavy atom. The summed E-state index contributed by atoms with van der Waals surface area (Å²) in [5, 5.41) is 11.4. The first-order chi connectivity index (χ1) is 16.7. The van der Waals surface area contributed by atoms with Gasteiger partial charge in [-0.25, -0.2) is 4.79 Å². The van der Waals surface area contributed by atoms with Crippen LogP contribution in [0.25, 0.3) is 5.76 Å². The van der Waals surface area contributed by atoms with E-state index in [9.17, 15) is 19.5 Å². The molecular weight excluding hydrogens is 446 g/mol.